The van der Waals surface area contributed by atoms with Gasteiger partial charge < -0.3 is 18.9 Å². The molecule has 0 radical (unpaired) electrons. The highest BCUT2D eigenvalue weighted by atomic mass is 16.6. The van der Waals surface area contributed by atoms with E-state index in [1.165, 1.54) is 26.3 Å². The third-order valence-corrected chi connectivity index (χ3v) is 7.35. The van der Waals surface area contributed by atoms with Gasteiger partial charge in [0.05, 0.1) is 6.10 Å². The maximum absolute atomic E-state index is 12.2. The van der Waals surface area contributed by atoms with Crippen LogP contribution in [0.1, 0.15) is 74.7 Å². The van der Waals surface area contributed by atoms with Crippen molar-refractivity contribution >= 4 is 17.9 Å². The molecule has 2 aliphatic heterocycles. The first-order valence-electron chi connectivity index (χ1n) is 11.8. The topological polar surface area (TPSA) is 88.1 Å². The number of hydrogen-bond acceptors (Lipinski definition) is 7. The Morgan fingerprint density at radius 1 is 1.09 bits per heavy atom. The molecule has 0 amide bonds. The maximum Gasteiger partial charge on any atom is 0.303 e. The first-order valence-corrected chi connectivity index (χ1v) is 11.8. The van der Waals surface area contributed by atoms with Crippen molar-refractivity contribution in [2.75, 3.05) is 0 Å². The average Bonchev–Trinajstić information content (AvgIpc) is 3.00. The van der Waals surface area contributed by atoms with Gasteiger partial charge in [0.25, 0.3) is 0 Å². The maximum atomic E-state index is 12.2. The van der Waals surface area contributed by atoms with Crippen molar-refractivity contribution in [3.05, 3.63) is 23.3 Å². The number of allylic oxidation sites excluding steroid dienone is 1. The third kappa shape index (κ3) is 5.18. The zero-order chi connectivity index (χ0) is 24.7. The Morgan fingerprint density at radius 2 is 1.76 bits per heavy atom. The zero-order valence-electron chi connectivity index (χ0n) is 21.1. The fraction of sp³-hybridized carbons (Fsp3) is 0.731. The van der Waals surface area contributed by atoms with Gasteiger partial charge >= 0.3 is 17.9 Å². The molecule has 1 aliphatic carbocycles. The molecule has 7 nitrogen and oxygen atoms in total. The van der Waals surface area contributed by atoms with E-state index >= 15 is 0 Å². The van der Waals surface area contributed by atoms with Crippen LogP contribution in [-0.2, 0) is 33.3 Å². The lowest BCUT2D eigenvalue weighted by molar-refractivity contribution is -0.191. The molecule has 1 fully saturated rings. The molecule has 0 aromatic carbocycles. The predicted octanol–water partition coefficient (Wildman–Crippen LogP) is 4.29. The minimum Gasteiger partial charge on any atom is -0.459 e. The van der Waals surface area contributed by atoms with Crippen LogP contribution in [0.3, 0.4) is 0 Å². The number of ether oxygens (including phenoxy) is 4. The molecule has 0 aromatic rings. The number of rotatable bonds is 4. The van der Waals surface area contributed by atoms with Crippen molar-refractivity contribution in [2.24, 2.45) is 17.8 Å². The summed E-state index contributed by atoms with van der Waals surface area (Å²) in [6.07, 6.45) is 5.15. The fourth-order valence-electron chi connectivity index (χ4n) is 6.41. The van der Waals surface area contributed by atoms with Crippen LogP contribution in [0.5, 0.6) is 0 Å². The summed E-state index contributed by atoms with van der Waals surface area (Å²) in [5.41, 5.74) is 0.479. The van der Waals surface area contributed by atoms with Gasteiger partial charge in [-0.3, -0.25) is 14.4 Å². The second-order valence-electron chi connectivity index (χ2n) is 10.6. The molecule has 0 saturated carbocycles. The van der Waals surface area contributed by atoms with Crippen LogP contribution < -0.4 is 0 Å². The highest BCUT2D eigenvalue weighted by Crippen LogP contribution is 2.55. The van der Waals surface area contributed by atoms with Gasteiger partial charge in [0, 0.05) is 38.5 Å². The highest BCUT2D eigenvalue weighted by molar-refractivity contribution is 5.67. The standard InChI is InChI=1S/C26H38O7/c1-14-10-9-11-26(8,33-18(5)29)24-22-21(19(12-14)31-24)15(2)13-20(30-16(3)27)23(22)25(6,7)32-17(4)28/h10,13,19-24H,9,11-12H2,1-8H3/b14-10+/t19?,20-,21-,22+,23+,24?,26?/m1/s1. The number of esters is 3. The summed E-state index contributed by atoms with van der Waals surface area (Å²) in [6, 6.07) is 0. The summed E-state index contributed by atoms with van der Waals surface area (Å²) in [7, 11) is 0. The van der Waals surface area contributed by atoms with Gasteiger partial charge in [-0.1, -0.05) is 17.2 Å². The average molecular weight is 463 g/mol. The number of carbonyl (C=O) groups excluding carboxylic acids is 3. The minimum absolute atomic E-state index is 0.0120. The van der Waals surface area contributed by atoms with Crippen LogP contribution in [0.2, 0.25) is 0 Å². The van der Waals surface area contributed by atoms with E-state index in [1.54, 1.807) is 0 Å². The smallest absolute Gasteiger partial charge is 0.303 e. The van der Waals surface area contributed by atoms with Gasteiger partial charge in [0.2, 0.25) is 0 Å². The van der Waals surface area contributed by atoms with E-state index in [-0.39, 0.29) is 29.8 Å². The molecule has 3 unspecified atom stereocenters. The molecular weight excluding hydrogens is 424 g/mol. The Kier molecular flexibility index (Phi) is 7.13. The SMILES string of the molecule is CC(=O)O[C@@H]1C=C(C)[C@@H]2C3C/C(C)=C/CCC(C)(OC(C)=O)C(O3)[C@@H]2[C@H]1C(C)(C)OC(C)=O. The van der Waals surface area contributed by atoms with Gasteiger partial charge in [-0.15, -0.1) is 0 Å². The lowest BCUT2D eigenvalue weighted by atomic mass is 9.60. The predicted molar refractivity (Wildman–Crippen MR) is 122 cm³/mol. The second kappa shape index (κ2) is 9.24. The number of hydrogen-bond donors (Lipinski definition) is 0. The summed E-state index contributed by atoms with van der Waals surface area (Å²) in [5, 5.41) is 0. The normalized spacial score (nSPS) is 37.8. The number of carbonyl (C=O) groups is 3. The van der Waals surface area contributed by atoms with Crippen LogP contribution in [0, 0.1) is 17.8 Å². The van der Waals surface area contributed by atoms with Gasteiger partial charge in [-0.05, 0) is 60.0 Å². The molecule has 2 bridgehead atoms. The lowest BCUT2D eigenvalue weighted by Gasteiger charge is -2.49. The van der Waals surface area contributed by atoms with Gasteiger partial charge in [0.1, 0.15) is 23.4 Å². The Balaban J connectivity index is 2.20. The molecular formula is C26H38O7. The molecule has 0 N–H and O–H groups in total. The van der Waals surface area contributed by atoms with E-state index in [1.807, 2.05) is 33.8 Å². The summed E-state index contributed by atoms with van der Waals surface area (Å²) >= 11 is 0. The summed E-state index contributed by atoms with van der Waals surface area (Å²) in [6.45, 7) is 13.9. The monoisotopic (exact) mass is 462 g/mol. The lowest BCUT2D eigenvalue weighted by Crippen LogP contribution is -2.57. The molecule has 3 rings (SSSR count). The summed E-state index contributed by atoms with van der Waals surface area (Å²) in [5.74, 6) is -1.73. The first kappa shape index (κ1) is 25.5. The van der Waals surface area contributed by atoms with Gasteiger partial charge in [0.15, 0.2) is 0 Å². The van der Waals surface area contributed by atoms with Crippen molar-refractivity contribution in [1.29, 1.82) is 0 Å². The summed E-state index contributed by atoms with van der Waals surface area (Å²) < 4.78 is 24.3. The Hall–Kier alpha value is -2.15. The molecule has 2 heterocycles. The highest BCUT2D eigenvalue weighted by Gasteiger charge is 2.62. The Labute approximate surface area is 196 Å². The van der Waals surface area contributed by atoms with E-state index < -0.39 is 35.3 Å². The number of fused-ring (bicyclic) bond motifs is 5. The zero-order valence-corrected chi connectivity index (χ0v) is 21.1. The van der Waals surface area contributed by atoms with Crippen LogP contribution in [0.15, 0.2) is 23.3 Å². The van der Waals surface area contributed by atoms with Gasteiger partial charge in [-0.25, -0.2) is 0 Å². The van der Waals surface area contributed by atoms with Crippen molar-refractivity contribution in [1.82, 2.24) is 0 Å². The van der Waals surface area contributed by atoms with Gasteiger partial charge in [-0.2, -0.15) is 0 Å². The van der Waals surface area contributed by atoms with Crippen LogP contribution in [0.4, 0.5) is 0 Å². The molecule has 0 aromatic heterocycles. The molecule has 0 spiro atoms. The van der Waals surface area contributed by atoms with Crippen molar-refractivity contribution in [2.45, 2.75) is 104 Å². The Morgan fingerprint density at radius 3 is 2.33 bits per heavy atom. The molecule has 3 aliphatic rings. The third-order valence-electron chi connectivity index (χ3n) is 7.35. The van der Waals surface area contributed by atoms with Crippen molar-refractivity contribution in [3.63, 3.8) is 0 Å². The molecule has 7 atom stereocenters. The van der Waals surface area contributed by atoms with Crippen LogP contribution in [-0.4, -0.2) is 47.4 Å². The first-order chi connectivity index (χ1) is 15.2. The van der Waals surface area contributed by atoms with E-state index in [0.29, 0.717) is 6.42 Å². The van der Waals surface area contributed by atoms with E-state index in [2.05, 4.69) is 13.0 Å². The largest absolute Gasteiger partial charge is 0.459 e. The van der Waals surface area contributed by atoms with Crippen molar-refractivity contribution < 1.29 is 33.3 Å². The van der Waals surface area contributed by atoms with E-state index in [0.717, 1.165) is 18.4 Å². The van der Waals surface area contributed by atoms with Crippen LogP contribution in [0.25, 0.3) is 0 Å². The van der Waals surface area contributed by atoms with E-state index in [9.17, 15) is 14.4 Å². The molecule has 184 valence electrons. The van der Waals surface area contributed by atoms with Crippen molar-refractivity contribution in [3.8, 4) is 0 Å². The Bertz CT molecular complexity index is 870. The second-order valence-corrected chi connectivity index (χ2v) is 10.6. The fourth-order valence-corrected chi connectivity index (χ4v) is 6.41. The summed E-state index contributed by atoms with van der Waals surface area (Å²) in [4.78, 5) is 36.2. The van der Waals surface area contributed by atoms with E-state index in [4.69, 9.17) is 18.9 Å². The molecule has 1 saturated heterocycles. The quantitative estimate of drug-likeness (QED) is 0.350. The van der Waals surface area contributed by atoms with Crippen LogP contribution >= 0.6 is 0 Å². The molecule has 7 heteroatoms. The minimum atomic E-state index is -0.950. The molecule has 33 heavy (non-hydrogen) atoms.